The largest absolute Gasteiger partial charge is 0.492 e. The molecule has 0 radical (unpaired) electrons. The van der Waals surface area contributed by atoms with Crippen LogP contribution >= 0.6 is 0 Å². The molecule has 1 unspecified atom stereocenters. The van der Waals surface area contributed by atoms with Gasteiger partial charge in [-0.2, -0.15) is 0 Å². The molecule has 4 aliphatic heterocycles. The van der Waals surface area contributed by atoms with E-state index in [-0.39, 0.29) is 23.7 Å². The molecule has 9 nitrogen and oxygen atoms in total. The first-order chi connectivity index (χ1) is 17.9. The smallest absolute Gasteiger partial charge is 0.255 e. The van der Waals surface area contributed by atoms with Crippen LogP contribution in [-0.2, 0) is 28.1 Å². The number of rotatable bonds is 5. The SMILES string of the molecule is CNc1cccc(CN2CCC3(CC2)COc2cc4c(cc23)CN(C2CCC(=O)NC2=O)C4=O)c1C=N. The molecule has 0 bridgehead atoms. The Hall–Kier alpha value is -3.72. The van der Waals surface area contributed by atoms with Crippen molar-refractivity contribution in [2.45, 2.75) is 50.2 Å². The van der Waals surface area contributed by atoms with Crippen molar-refractivity contribution >= 4 is 29.6 Å². The van der Waals surface area contributed by atoms with Gasteiger partial charge in [-0.3, -0.25) is 24.6 Å². The number of hydrogen-bond acceptors (Lipinski definition) is 7. The van der Waals surface area contributed by atoms with E-state index in [0.29, 0.717) is 25.1 Å². The molecule has 2 saturated heterocycles. The second-order valence-electron chi connectivity index (χ2n) is 10.5. The number of fused-ring (bicyclic) bond motifs is 3. The topological polar surface area (TPSA) is 115 Å². The van der Waals surface area contributed by atoms with Gasteiger partial charge in [0.2, 0.25) is 11.8 Å². The average molecular weight is 502 g/mol. The minimum absolute atomic E-state index is 0.0802. The number of hydrogen-bond donors (Lipinski definition) is 3. The van der Waals surface area contributed by atoms with Crippen molar-refractivity contribution in [2.24, 2.45) is 0 Å². The highest BCUT2D eigenvalue weighted by Crippen LogP contribution is 2.48. The molecule has 0 aliphatic carbocycles. The van der Waals surface area contributed by atoms with E-state index in [1.54, 1.807) is 4.90 Å². The Labute approximate surface area is 215 Å². The molecule has 3 N–H and O–H groups in total. The van der Waals surface area contributed by atoms with Crippen molar-refractivity contribution in [3.8, 4) is 5.75 Å². The Kier molecular flexibility index (Phi) is 5.75. The fourth-order valence-corrected chi connectivity index (χ4v) is 6.36. The molecule has 2 aromatic carbocycles. The van der Waals surface area contributed by atoms with Crippen molar-refractivity contribution in [3.63, 3.8) is 0 Å². The van der Waals surface area contributed by atoms with Crippen molar-refractivity contribution in [1.82, 2.24) is 15.1 Å². The van der Waals surface area contributed by atoms with Crippen molar-refractivity contribution in [3.05, 3.63) is 58.1 Å². The summed E-state index contributed by atoms with van der Waals surface area (Å²) >= 11 is 0. The molecule has 1 atom stereocenters. The Balaban J connectivity index is 1.18. The summed E-state index contributed by atoms with van der Waals surface area (Å²) in [4.78, 5) is 41.2. The van der Waals surface area contributed by atoms with E-state index < -0.39 is 11.9 Å². The number of likely N-dealkylation sites (tertiary alicyclic amines) is 1. The summed E-state index contributed by atoms with van der Waals surface area (Å²) in [5, 5.41) is 13.4. The summed E-state index contributed by atoms with van der Waals surface area (Å²) in [6, 6.07) is 9.49. The minimum atomic E-state index is -0.613. The Morgan fingerprint density at radius 1 is 1.22 bits per heavy atom. The number of nitrogens with one attached hydrogen (secondary N) is 3. The predicted molar refractivity (Wildman–Crippen MR) is 138 cm³/mol. The summed E-state index contributed by atoms with van der Waals surface area (Å²) in [6.45, 7) is 3.63. The van der Waals surface area contributed by atoms with Gasteiger partial charge >= 0.3 is 0 Å². The first kappa shape index (κ1) is 23.7. The highest BCUT2D eigenvalue weighted by molar-refractivity contribution is 6.05. The molecule has 2 aromatic rings. The first-order valence-corrected chi connectivity index (χ1v) is 12.9. The zero-order valence-corrected chi connectivity index (χ0v) is 20.9. The van der Waals surface area contributed by atoms with Crippen LogP contribution in [0.1, 0.15) is 58.3 Å². The van der Waals surface area contributed by atoms with Crippen LogP contribution < -0.4 is 15.4 Å². The third-order valence-electron chi connectivity index (χ3n) is 8.52. The van der Waals surface area contributed by atoms with Gasteiger partial charge in [0.05, 0.1) is 6.61 Å². The Morgan fingerprint density at radius 2 is 2.03 bits per heavy atom. The van der Waals surface area contributed by atoms with Gasteiger partial charge < -0.3 is 20.4 Å². The number of amides is 3. The van der Waals surface area contributed by atoms with E-state index >= 15 is 0 Å². The second-order valence-corrected chi connectivity index (χ2v) is 10.5. The van der Waals surface area contributed by atoms with Crippen LogP contribution in [0.4, 0.5) is 5.69 Å². The standard InChI is InChI=1S/C28H31N5O4/c1-30-22-4-2-3-17(20(22)13-29)14-32-9-7-28(8-10-32)16-37-24-12-19-18(11-21(24)28)15-33(27(19)36)23-5-6-25(34)31-26(23)35/h2-4,11-13,23,29-30H,5-10,14-16H2,1H3,(H,31,34,35). The van der Waals surface area contributed by atoms with Crippen LogP contribution in [-0.4, -0.2) is 66.5 Å². The molecular weight excluding hydrogens is 470 g/mol. The molecule has 0 saturated carbocycles. The zero-order chi connectivity index (χ0) is 25.7. The summed E-state index contributed by atoms with van der Waals surface area (Å²) in [7, 11) is 1.88. The van der Waals surface area contributed by atoms with Crippen LogP contribution in [0.25, 0.3) is 0 Å². The molecule has 6 rings (SSSR count). The number of nitrogens with zero attached hydrogens (tertiary/aromatic N) is 2. The normalized spacial score (nSPS) is 22.5. The van der Waals surface area contributed by atoms with Gasteiger partial charge in [-0.15, -0.1) is 0 Å². The predicted octanol–water partition coefficient (Wildman–Crippen LogP) is 2.41. The fraction of sp³-hybridized carbons (Fsp3) is 0.429. The van der Waals surface area contributed by atoms with Gasteiger partial charge in [0.15, 0.2) is 0 Å². The lowest BCUT2D eigenvalue weighted by Crippen LogP contribution is -2.52. The van der Waals surface area contributed by atoms with E-state index in [1.807, 2.05) is 25.2 Å². The third kappa shape index (κ3) is 3.89. The quantitative estimate of drug-likeness (QED) is 0.428. The number of carbonyl (C=O) groups excluding carboxylic acids is 3. The monoisotopic (exact) mass is 501 g/mol. The van der Waals surface area contributed by atoms with Gasteiger partial charge in [-0.1, -0.05) is 12.1 Å². The molecule has 37 heavy (non-hydrogen) atoms. The number of imide groups is 1. The molecule has 4 heterocycles. The molecule has 3 amide bonds. The van der Waals surface area contributed by atoms with E-state index in [1.165, 1.54) is 11.8 Å². The summed E-state index contributed by atoms with van der Waals surface area (Å²) < 4.78 is 6.15. The Bertz CT molecular complexity index is 1310. The molecule has 9 heteroatoms. The van der Waals surface area contributed by atoms with E-state index in [4.69, 9.17) is 10.1 Å². The molecular formula is C28H31N5O4. The highest BCUT2D eigenvalue weighted by Gasteiger charge is 2.46. The summed E-state index contributed by atoms with van der Waals surface area (Å²) in [6.07, 6.45) is 3.94. The number of piperidine rings is 2. The fourth-order valence-electron chi connectivity index (χ4n) is 6.36. The number of benzene rings is 2. The van der Waals surface area contributed by atoms with Crippen molar-refractivity contribution in [2.75, 3.05) is 32.1 Å². The highest BCUT2D eigenvalue weighted by atomic mass is 16.5. The van der Waals surface area contributed by atoms with Crippen LogP contribution in [0.5, 0.6) is 5.75 Å². The number of anilines is 1. The van der Waals surface area contributed by atoms with E-state index in [9.17, 15) is 14.4 Å². The molecule has 1 spiro atoms. The summed E-state index contributed by atoms with van der Waals surface area (Å²) in [5.74, 6) is -0.0673. The maximum absolute atomic E-state index is 13.2. The number of carbonyl (C=O) groups is 3. The Morgan fingerprint density at radius 3 is 2.76 bits per heavy atom. The van der Waals surface area contributed by atoms with Gasteiger partial charge in [-0.05, 0) is 61.7 Å². The van der Waals surface area contributed by atoms with Crippen molar-refractivity contribution < 1.29 is 19.1 Å². The molecule has 2 fully saturated rings. The van der Waals surface area contributed by atoms with Gasteiger partial charge in [-0.25, -0.2) is 0 Å². The maximum atomic E-state index is 13.2. The lowest BCUT2D eigenvalue weighted by Gasteiger charge is -2.39. The molecule has 192 valence electrons. The molecule has 0 aromatic heterocycles. The van der Waals surface area contributed by atoms with Crippen LogP contribution in [0.2, 0.25) is 0 Å². The van der Waals surface area contributed by atoms with Crippen LogP contribution in [0, 0.1) is 5.41 Å². The van der Waals surface area contributed by atoms with Gasteiger partial charge in [0, 0.05) is 60.6 Å². The lowest BCUT2D eigenvalue weighted by atomic mass is 9.73. The minimum Gasteiger partial charge on any atom is -0.492 e. The van der Waals surface area contributed by atoms with Crippen molar-refractivity contribution in [1.29, 1.82) is 5.41 Å². The second kappa shape index (κ2) is 8.99. The maximum Gasteiger partial charge on any atom is 0.255 e. The first-order valence-electron chi connectivity index (χ1n) is 12.9. The zero-order valence-electron chi connectivity index (χ0n) is 20.9. The van der Waals surface area contributed by atoms with E-state index in [2.05, 4.69) is 27.7 Å². The average Bonchev–Trinajstić information content (AvgIpc) is 3.41. The van der Waals surface area contributed by atoms with Gasteiger partial charge in [0.1, 0.15) is 11.8 Å². The lowest BCUT2D eigenvalue weighted by molar-refractivity contribution is -0.136. The van der Waals surface area contributed by atoms with E-state index in [0.717, 1.165) is 60.6 Å². The van der Waals surface area contributed by atoms with Gasteiger partial charge in [0.25, 0.3) is 5.91 Å². The van der Waals surface area contributed by atoms with Crippen LogP contribution in [0.15, 0.2) is 30.3 Å². The van der Waals surface area contributed by atoms with Crippen LogP contribution in [0.3, 0.4) is 0 Å². The number of ether oxygens (including phenoxy) is 1. The summed E-state index contributed by atoms with van der Waals surface area (Å²) in [5.41, 5.74) is 5.66. The third-order valence-corrected chi connectivity index (χ3v) is 8.52. The molecule has 4 aliphatic rings.